The summed E-state index contributed by atoms with van der Waals surface area (Å²) in [5.41, 5.74) is 3.27. The third kappa shape index (κ3) is 1.61. The Balaban J connectivity index is 2.02. The highest BCUT2D eigenvalue weighted by molar-refractivity contribution is 6.39. The first-order valence-corrected chi connectivity index (χ1v) is 9.16. The molecule has 4 nitrogen and oxygen atoms in total. The normalized spacial score (nSPS) is 12.3. The maximum Gasteiger partial charge on any atom is 0.153 e. The summed E-state index contributed by atoms with van der Waals surface area (Å²) in [5, 5.41) is 9.03. The van der Waals surface area contributed by atoms with Gasteiger partial charge in [0.25, 0.3) is 0 Å². The van der Waals surface area contributed by atoms with E-state index in [2.05, 4.69) is 22.1 Å². The molecule has 3 aromatic carbocycles. The molecule has 0 saturated heterocycles. The van der Waals surface area contributed by atoms with Crippen molar-refractivity contribution in [2.24, 2.45) is 0 Å². The molecule has 0 bridgehead atoms. The van der Waals surface area contributed by atoms with Crippen LogP contribution in [0.3, 0.4) is 0 Å². The number of hydrogen-bond donors (Lipinski definition) is 0. The Kier molecular flexibility index (Phi) is 2.46. The third-order valence-electron chi connectivity index (χ3n) is 5.64. The molecule has 0 aliphatic carbocycles. The van der Waals surface area contributed by atoms with Crippen LogP contribution in [0.2, 0.25) is 0 Å². The van der Waals surface area contributed by atoms with Gasteiger partial charge < -0.3 is 8.83 Å². The first-order chi connectivity index (χ1) is 13.9. The summed E-state index contributed by atoms with van der Waals surface area (Å²) < 4.78 is 12.5. The molecule has 0 aliphatic heterocycles. The highest BCUT2D eigenvalue weighted by Gasteiger charge is 2.19. The molecule has 4 aromatic heterocycles. The lowest BCUT2D eigenvalue weighted by Crippen LogP contribution is -1.90. The molecule has 0 atom stereocenters. The predicted octanol–water partition coefficient (Wildman–Crippen LogP) is 6.58. The molecule has 7 rings (SSSR count). The lowest BCUT2D eigenvalue weighted by Gasteiger charge is -2.16. The molecular formula is C24H12N2O2. The van der Waals surface area contributed by atoms with Crippen molar-refractivity contribution >= 4 is 65.4 Å². The van der Waals surface area contributed by atoms with Crippen LogP contribution in [0, 0.1) is 0 Å². The minimum atomic E-state index is 0.776. The van der Waals surface area contributed by atoms with E-state index in [-0.39, 0.29) is 0 Å². The van der Waals surface area contributed by atoms with Crippen LogP contribution in [0.5, 0.6) is 0 Å². The summed E-state index contributed by atoms with van der Waals surface area (Å²) in [7, 11) is 0. The largest absolute Gasteiger partial charge is 0.454 e. The van der Waals surface area contributed by atoms with Crippen LogP contribution in [-0.2, 0) is 0 Å². The Bertz CT molecular complexity index is 1590. The van der Waals surface area contributed by atoms with E-state index in [1.54, 1.807) is 12.4 Å². The van der Waals surface area contributed by atoms with Crippen molar-refractivity contribution in [3.63, 3.8) is 0 Å². The first kappa shape index (κ1) is 14.2. The lowest BCUT2D eigenvalue weighted by molar-refractivity contribution is 0.658. The number of benzene rings is 3. The van der Waals surface area contributed by atoms with Crippen molar-refractivity contribution < 1.29 is 8.83 Å². The van der Waals surface area contributed by atoms with E-state index in [1.807, 2.05) is 48.8 Å². The molecule has 4 heterocycles. The quantitative estimate of drug-likeness (QED) is 0.226. The molecule has 130 valence electrons. The molecule has 0 unspecified atom stereocenters. The Morgan fingerprint density at radius 1 is 0.464 bits per heavy atom. The zero-order valence-corrected chi connectivity index (χ0v) is 14.6. The van der Waals surface area contributed by atoms with Gasteiger partial charge in [-0.1, -0.05) is 24.3 Å². The van der Waals surface area contributed by atoms with Gasteiger partial charge >= 0.3 is 0 Å². The molecule has 0 radical (unpaired) electrons. The van der Waals surface area contributed by atoms with E-state index >= 15 is 0 Å². The van der Waals surface area contributed by atoms with Gasteiger partial charge in [0.1, 0.15) is 11.2 Å². The molecule has 4 heteroatoms. The zero-order chi connectivity index (χ0) is 18.2. The number of pyridine rings is 2. The standard InChI is InChI=1S/C24H12N2O2/c1-3-13-14-4-2-6-18-22(14)24(16-8-10-26-12-20(16)28-18)23-15-7-9-25-11-19(15)27-17(5-1)21(13)23/h1-12H. The van der Waals surface area contributed by atoms with E-state index in [9.17, 15) is 0 Å². The zero-order valence-electron chi connectivity index (χ0n) is 14.6. The number of rotatable bonds is 0. The van der Waals surface area contributed by atoms with Gasteiger partial charge in [0, 0.05) is 44.7 Å². The summed E-state index contributed by atoms with van der Waals surface area (Å²) >= 11 is 0. The molecule has 0 spiro atoms. The van der Waals surface area contributed by atoms with Gasteiger partial charge in [-0.15, -0.1) is 0 Å². The molecule has 0 fully saturated rings. The highest BCUT2D eigenvalue weighted by Crippen LogP contribution is 2.45. The fourth-order valence-corrected chi connectivity index (χ4v) is 4.56. The minimum Gasteiger partial charge on any atom is -0.454 e. The van der Waals surface area contributed by atoms with Crippen molar-refractivity contribution in [2.45, 2.75) is 0 Å². The molecule has 7 aromatic rings. The number of hydrogen-bond acceptors (Lipinski definition) is 4. The average molecular weight is 360 g/mol. The topological polar surface area (TPSA) is 52.1 Å². The summed E-state index contributed by atoms with van der Waals surface area (Å²) in [6.45, 7) is 0. The summed E-state index contributed by atoms with van der Waals surface area (Å²) in [6.07, 6.45) is 7.20. The summed E-state index contributed by atoms with van der Waals surface area (Å²) in [6, 6.07) is 16.5. The van der Waals surface area contributed by atoms with Gasteiger partial charge in [0.15, 0.2) is 11.2 Å². The Hall–Kier alpha value is -3.92. The van der Waals surface area contributed by atoms with Crippen LogP contribution < -0.4 is 0 Å². The number of fused-ring (bicyclic) bond motifs is 6. The van der Waals surface area contributed by atoms with Gasteiger partial charge in [0.2, 0.25) is 0 Å². The lowest BCUT2D eigenvalue weighted by atomic mass is 9.90. The molecule has 0 saturated carbocycles. The number of aromatic nitrogens is 2. The summed E-state index contributed by atoms with van der Waals surface area (Å²) in [4.78, 5) is 8.54. The second kappa shape index (κ2) is 4.87. The van der Waals surface area contributed by atoms with Gasteiger partial charge in [0.05, 0.1) is 12.4 Å². The van der Waals surface area contributed by atoms with E-state index in [0.717, 1.165) is 54.6 Å². The fourth-order valence-electron chi connectivity index (χ4n) is 4.56. The fraction of sp³-hybridized carbons (Fsp3) is 0. The van der Waals surface area contributed by atoms with E-state index in [1.165, 1.54) is 10.8 Å². The van der Waals surface area contributed by atoms with Gasteiger partial charge in [-0.05, 0) is 35.0 Å². The van der Waals surface area contributed by atoms with Crippen molar-refractivity contribution in [1.29, 1.82) is 0 Å². The average Bonchev–Trinajstić information content (AvgIpc) is 2.75. The smallest absolute Gasteiger partial charge is 0.153 e. The van der Waals surface area contributed by atoms with Crippen LogP contribution in [0.1, 0.15) is 0 Å². The van der Waals surface area contributed by atoms with Crippen LogP contribution in [-0.4, -0.2) is 9.97 Å². The van der Waals surface area contributed by atoms with E-state index < -0.39 is 0 Å². The van der Waals surface area contributed by atoms with Crippen molar-refractivity contribution in [2.75, 3.05) is 0 Å². The predicted molar refractivity (Wildman–Crippen MR) is 112 cm³/mol. The van der Waals surface area contributed by atoms with Crippen LogP contribution >= 0.6 is 0 Å². The van der Waals surface area contributed by atoms with Crippen LogP contribution in [0.15, 0.2) is 82.2 Å². The Morgan fingerprint density at radius 2 is 0.964 bits per heavy atom. The van der Waals surface area contributed by atoms with Crippen molar-refractivity contribution in [3.8, 4) is 0 Å². The van der Waals surface area contributed by atoms with Gasteiger partial charge in [-0.2, -0.15) is 0 Å². The second-order valence-corrected chi connectivity index (χ2v) is 7.06. The number of nitrogens with zero attached hydrogens (tertiary/aromatic N) is 2. The maximum atomic E-state index is 6.23. The molecule has 0 amide bonds. The minimum absolute atomic E-state index is 0.776. The molecule has 28 heavy (non-hydrogen) atoms. The first-order valence-electron chi connectivity index (χ1n) is 9.16. The van der Waals surface area contributed by atoms with Crippen LogP contribution in [0.4, 0.5) is 0 Å². The molecular weight excluding hydrogens is 348 g/mol. The van der Waals surface area contributed by atoms with Gasteiger partial charge in [-0.25, -0.2) is 0 Å². The van der Waals surface area contributed by atoms with Crippen molar-refractivity contribution in [1.82, 2.24) is 9.97 Å². The molecule has 0 aliphatic rings. The Labute approximate surface area is 158 Å². The van der Waals surface area contributed by atoms with E-state index in [0.29, 0.717) is 0 Å². The third-order valence-corrected chi connectivity index (χ3v) is 5.64. The van der Waals surface area contributed by atoms with E-state index in [4.69, 9.17) is 8.83 Å². The van der Waals surface area contributed by atoms with Crippen molar-refractivity contribution in [3.05, 3.63) is 73.3 Å². The maximum absolute atomic E-state index is 6.23. The second-order valence-electron chi connectivity index (χ2n) is 7.06. The SMILES string of the molecule is c1cc2oc3cnccc3c3c2c(c1)c1cccc2oc4cnccc4c3c21. The monoisotopic (exact) mass is 360 g/mol. The van der Waals surface area contributed by atoms with Gasteiger partial charge in [-0.3, -0.25) is 9.97 Å². The Morgan fingerprint density at radius 3 is 1.46 bits per heavy atom. The molecule has 0 N–H and O–H groups in total. The van der Waals surface area contributed by atoms with Crippen LogP contribution in [0.25, 0.3) is 65.4 Å². The summed E-state index contributed by atoms with van der Waals surface area (Å²) in [5.74, 6) is 0. The highest BCUT2D eigenvalue weighted by atomic mass is 16.3.